The average Bonchev–Trinajstić information content (AvgIpc) is 2.81. The number of hydrogen-bond acceptors (Lipinski definition) is 4. The lowest BCUT2D eigenvalue weighted by Gasteiger charge is -2.25. The predicted octanol–water partition coefficient (Wildman–Crippen LogP) is 1.60. The van der Waals surface area contributed by atoms with E-state index in [4.69, 9.17) is 15.0 Å². The van der Waals surface area contributed by atoms with Crippen LogP contribution < -0.4 is 11.3 Å². The van der Waals surface area contributed by atoms with E-state index in [9.17, 15) is 0 Å². The Labute approximate surface area is 89.7 Å². The number of ether oxygens (including phenoxy) is 1. The molecule has 0 spiro atoms. The first-order chi connectivity index (χ1) is 7.40. The first-order valence-corrected chi connectivity index (χ1v) is 5.46. The fraction of sp³-hybridized carbons (Fsp3) is 0.636. The smallest absolute Gasteiger partial charge is 0.0950 e. The van der Waals surface area contributed by atoms with Gasteiger partial charge in [0, 0.05) is 24.8 Å². The molecular weight excluding hydrogens is 192 g/mol. The first-order valence-electron chi connectivity index (χ1n) is 5.46. The quantitative estimate of drug-likeness (QED) is 0.585. The van der Waals surface area contributed by atoms with Crippen molar-refractivity contribution in [2.24, 2.45) is 11.8 Å². The normalized spacial score (nSPS) is 20.3. The second kappa shape index (κ2) is 5.30. The van der Waals surface area contributed by atoms with Crippen molar-refractivity contribution in [2.45, 2.75) is 25.3 Å². The van der Waals surface area contributed by atoms with E-state index in [1.54, 1.807) is 12.5 Å². The minimum Gasteiger partial charge on any atom is -0.472 e. The molecule has 1 aromatic rings. The maximum Gasteiger partial charge on any atom is 0.0950 e. The summed E-state index contributed by atoms with van der Waals surface area (Å²) in [7, 11) is 0. The number of rotatable bonds is 4. The summed E-state index contributed by atoms with van der Waals surface area (Å²) in [5, 5.41) is 0. The van der Waals surface area contributed by atoms with E-state index >= 15 is 0 Å². The summed E-state index contributed by atoms with van der Waals surface area (Å²) in [4.78, 5) is 0. The summed E-state index contributed by atoms with van der Waals surface area (Å²) < 4.78 is 10.4. The van der Waals surface area contributed by atoms with E-state index in [-0.39, 0.29) is 6.04 Å². The van der Waals surface area contributed by atoms with Crippen LogP contribution in [0.4, 0.5) is 0 Å². The Kier molecular flexibility index (Phi) is 3.77. The number of nitrogens with two attached hydrogens (primary N) is 1. The highest BCUT2D eigenvalue weighted by Crippen LogP contribution is 2.27. The van der Waals surface area contributed by atoms with Crippen LogP contribution in [0.1, 0.15) is 30.9 Å². The molecule has 1 aromatic heterocycles. The van der Waals surface area contributed by atoms with Gasteiger partial charge in [0.2, 0.25) is 0 Å². The van der Waals surface area contributed by atoms with Gasteiger partial charge in [-0.1, -0.05) is 0 Å². The fourth-order valence-electron chi connectivity index (χ4n) is 2.09. The average molecular weight is 210 g/mol. The van der Waals surface area contributed by atoms with Gasteiger partial charge < -0.3 is 9.15 Å². The third kappa shape index (κ3) is 2.81. The minimum absolute atomic E-state index is 0.201. The van der Waals surface area contributed by atoms with Crippen LogP contribution in [-0.2, 0) is 4.74 Å². The zero-order valence-corrected chi connectivity index (χ0v) is 8.82. The Morgan fingerprint density at radius 1 is 1.47 bits per heavy atom. The van der Waals surface area contributed by atoms with Crippen LogP contribution in [0.5, 0.6) is 0 Å². The third-order valence-electron chi connectivity index (χ3n) is 3.06. The molecule has 0 aromatic carbocycles. The molecule has 1 saturated heterocycles. The fourth-order valence-corrected chi connectivity index (χ4v) is 2.09. The van der Waals surface area contributed by atoms with Crippen molar-refractivity contribution in [3.63, 3.8) is 0 Å². The number of nitrogens with one attached hydrogen (secondary N) is 1. The highest BCUT2D eigenvalue weighted by Gasteiger charge is 2.20. The van der Waals surface area contributed by atoms with Gasteiger partial charge in [0.15, 0.2) is 0 Å². The molecule has 15 heavy (non-hydrogen) atoms. The first kappa shape index (κ1) is 10.7. The molecule has 84 valence electrons. The van der Waals surface area contributed by atoms with Crippen molar-refractivity contribution < 1.29 is 9.15 Å². The Morgan fingerprint density at radius 3 is 2.87 bits per heavy atom. The van der Waals surface area contributed by atoms with E-state index in [0.29, 0.717) is 5.92 Å². The van der Waals surface area contributed by atoms with Crippen LogP contribution >= 0.6 is 0 Å². The molecule has 3 N–H and O–H groups in total. The number of hydrogen-bond donors (Lipinski definition) is 2. The van der Waals surface area contributed by atoms with E-state index in [2.05, 4.69) is 5.43 Å². The number of hydrazine groups is 1. The van der Waals surface area contributed by atoms with Crippen molar-refractivity contribution in [1.82, 2.24) is 5.43 Å². The molecular formula is C11H18N2O2. The molecule has 0 bridgehead atoms. The molecule has 1 unspecified atom stereocenters. The molecule has 1 aliphatic rings. The molecule has 0 aliphatic carbocycles. The van der Waals surface area contributed by atoms with Crippen LogP contribution in [0.3, 0.4) is 0 Å². The second-order valence-corrected chi connectivity index (χ2v) is 4.07. The topological polar surface area (TPSA) is 60.4 Å². The molecule has 0 saturated carbocycles. The van der Waals surface area contributed by atoms with Crippen LogP contribution in [0, 0.1) is 5.92 Å². The van der Waals surface area contributed by atoms with Crippen LogP contribution in [0.15, 0.2) is 23.0 Å². The van der Waals surface area contributed by atoms with Crippen molar-refractivity contribution in [2.75, 3.05) is 13.2 Å². The summed E-state index contributed by atoms with van der Waals surface area (Å²) in [6, 6.07) is 2.16. The van der Waals surface area contributed by atoms with Gasteiger partial charge >= 0.3 is 0 Å². The Balaban J connectivity index is 1.90. The van der Waals surface area contributed by atoms with E-state index in [1.165, 1.54) is 0 Å². The SMILES string of the molecule is NNC(CC1CCOCC1)c1ccoc1. The lowest BCUT2D eigenvalue weighted by Crippen LogP contribution is -2.30. The Bertz CT molecular complexity index is 268. The molecule has 1 aliphatic heterocycles. The molecule has 1 atom stereocenters. The molecule has 1 fully saturated rings. The summed E-state index contributed by atoms with van der Waals surface area (Å²) >= 11 is 0. The molecule has 0 amide bonds. The van der Waals surface area contributed by atoms with Gasteiger partial charge in [-0.25, -0.2) is 0 Å². The molecule has 2 rings (SSSR count). The van der Waals surface area contributed by atoms with E-state index in [1.807, 2.05) is 6.07 Å². The van der Waals surface area contributed by atoms with Crippen LogP contribution in [0.2, 0.25) is 0 Å². The highest BCUT2D eigenvalue weighted by atomic mass is 16.5. The summed E-state index contributed by atoms with van der Waals surface area (Å²) in [6.07, 6.45) is 6.76. The van der Waals surface area contributed by atoms with Crippen molar-refractivity contribution >= 4 is 0 Å². The summed E-state index contributed by atoms with van der Waals surface area (Å²) in [5.41, 5.74) is 3.98. The lowest BCUT2D eigenvalue weighted by atomic mass is 9.90. The maximum absolute atomic E-state index is 5.56. The largest absolute Gasteiger partial charge is 0.472 e. The second-order valence-electron chi connectivity index (χ2n) is 4.07. The minimum atomic E-state index is 0.201. The van der Waals surface area contributed by atoms with Gasteiger partial charge in [-0.05, 0) is 31.2 Å². The van der Waals surface area contributed by atoms with Gasteiger partial charge in [0.1, 0.15) is 0 Å². The molecule has 0 radical (unpaired) electrons. The Morgan fingerprint density at radius 2 is 2.27 bits per heavy atom. The van der Waals surface area contributed by atoms with E-state index in [0.717, 1.165) is 38.0 Å². The van der Waals surface area contributed by atoms with Gasteiger partial charge in [-0.3, -0.25) is 11.3 Å². The van der Waals surface area contributed by atoms with Crippen LogP contribution in [0.25, 0.3) is 0 Å². The van der Waals surface area contributed by atoms with Crippen molar-refractivity contribution in [1.29, 1.82) is 0 Å². The van der Waals surface area contributed by atoms with Crippen LogP contribution in [-0.4, -0.2) is 13.2 Å². The molecule has 2 heterocycles. The van der Waals surface area contributed by atoms with E-state index < -0.39 is 0 Å². The van der Waals surface area contributed by atoms with Gasteiger partial charge in [0.25, 0.3) is 0 Å². The lowest BCUT2D eigenvalue weighted by molar-refractivity contribution is 0.0605. The maximum atomic E-state index is 5.56. The molecule has 4 heteroatoms. The highest BCUT2D eigenvalue weighted by molar-refractivity contribution is 5.11. The molecule has 4 nitrogen and oxygen atoms in total. The zero-order chi connectivity index (χ0) is 10.5. The van der Waals surface area contributed by atoms with Crippen molar-refractivity contribution in [3.8, 4) is 0 Å². The monoisotopic (exact) mass is 210 g/mol. The third-order valence-corrected chi connectivity index (χ3v) is 3.06. The predicted molar refractivity (Wildman–Crippen MR) is 56.9 cm³/mol. The van der Waals surface area contributed by atoms with Gasteiger partial charge in [-0.2, -0.15) is 0 Å². The van der Waals surface area contributed by atoms with Crippen molar-refractivity contribution in [3.05, 3.63) is 24.2 Å². The zero-order valence-electron chi connectivity index (χ0n) is 8.82. The summed E-state index contributed by atoms with van der Waals surface area (Å²) in [5.74, 6) is 6.26. The van der Waals surface area contributed by atoms with Gasteiger partial charge in [-0.15, -0.1) is 0 Å². The Hall–Kier alpha value is -0.840. The summed E-state index contributed by atoms with van der Waals surface area (Å²) in [6.45, 7) is 1.76. The number of furan rings is 1. The standard InChI is InChI=1S/C11H18N2O2/c12-13-11(10-3-6-15-8-10)7-9-1-4-14-5-2-9/h3,6,8-9,11,13H,1-2,4-5,7,12H2. The van der Waals surface area contributed by atoms with Gasteiger partial charge in [0.05, 0.1) is 12.5 Å².